The van der Waals surface area contributed by atoms with Crippen molar-refractivity contribution in [2.24, 2.45) is 0 Å². The van der Waals surface area contributed by atoms with Gasteiger partial charge in [-0.25, -0.2) is 0 Å². The molecule has 3 nitrogen and oxygen atoms in total. The van der Waals surface area contributed by atoms with Crippen LogP contribution in [-0.2, 0) is 0 Å². The molecule has 0 aliphatic heterocycles. The maximum atomic E-state index is 5.52. The average molecular weight is 351 g/mol. The molecule has 0 unspecified atom stereocenters. The molecule has 1 aromatic carbocycles. The maximum Gasteiger partial charge on any atom is 0.170 e. The molecular weight excluding hydrogens is 324 g/mol. The van der Waals surface area contributed by atoms with E-state index in [-0.39, 0.29) is 0 Å². The maximum absolute atomic E-state index is 5.52. The zero-order valence-electron chi connectivity index (χ0n) is 13.6. The number of hydrogen-bond acceptors (Lipinski definition) is 3. The van der Waals surface area contributed by atoms with Crippen molar-refractivity contribution in [2.75, 3.05) is 24.2 Å². The van der Waals surface area contributed by atoms with E-state index >= 15 is 0 Å². The fraction of sp³-hybridized carbons (Fsp3) is 0.500. The molecule has 5 heteroatoms. The Kier molecular flexibility index (Phi) is 8.32. The summed E-state index contributed by atoms with van der Waals surface area (Å²) in [4.78, 5) is 0. The molecule has 1 aliphatic carbocycles. The Morgan fingerprint density at radius 1 is 1.35 bits per heavy atom. The van der Waals surface area contributed by atoms with E-state index in [1.165, 1.54) is 32.1 Å². The van der Waals surface area contributed by atoms with Crippen LogP contribution in [0.25, 0.3) is 0 Å². The standard InChI is InChI=1S/C18H26N2OS2/c1-2-12-21-16-8-6-7-15(14-16)20-18(22)19-11-13-23-17-9-4-3-5-10-17/h2,6-8,14,17H,1,3-5,9-13H2,(H2,19,20,22). The van der Waals surface area contributed by atoms with Crippen LogP contribution in [0.4, 0.5) is 5.69 Å². The van der Waals surface area contributed by atoms with Crippen molar-refractivity contribution < 1.29 is 4.74 Å². The van der Waals surface area contributed by atoms with Gasteiger partial charge in [0.1, 0.15) is 12.4 Å². The minimum absolute atomic E-state index is 0.505. The van der Waals surface area contributed by atoms with E-state index in [1.807, 2.05) is 24.3 Å². The van der Waals surface area contributed by atoms with E-state index in [1.54, 1.807) is 6.08 Å². The average Bonchev–Trinajstić information content (AvgIpc) is 2.58. The lowest BCUT2D eigenvalue weighted by molar-refractivity contribution is 0.363. The number of nitrogens with one attached hydrogen (secondary N) is 2. The third-order valence-corrected chi connectivity index (χ3v) is 5.38. The van der Waals surface area contributed by atoms with Crippen LogP contribution < -0.4 is 15.4 Å². The quantitative estimate of drug-likeness (QED) is 0.407. The summed E-state index contributed by atoms with van der Waals surface area (Å²) < 4.78 is 5.52. The fourth-order valence-electron chi connectivity index (χ4n) is 2.62. The molecule has 126 valence electrons. The Balaban J connectivity index is 1.64. The Bertz CT molecular complexity index is 502. The molecule has 1 saturated carbocycles. The lowest BCUT2D eigenvalue weighted by Gasteiger charge is -2.21. The summed E-state index contributed by atoms with van der Waals surface area (Å²) >= 11 is 7.43. The number of thioether (sulfide) groups is 1. The fourth-order valence-corrected chi connectivity index (χ4v) is 4.06. The summed E-state index contributed by atoms with van der Waals surface area (Å²) in [6.45, 7) is 5.06. The van der Waals surface area contributed by atoms with Gasteiger partial charge in [-0.3, -0.25) is 0 Å². The highest BCUT2D eigenvalue weighted by molar-refractivity contribution is 7.99. The second kappa shape index (κ2) is 10.6. The minimum Gasteiger partial charge on any atom is -0.489 e. The van der Waals surface area contributed by atoms with Gasteiger partial charge in [0.05, 0.1) is 0 Å². The van der Waals surface area contributed by atoms with E-state index in [2.05, 4.69) is 29.0 Å². The predicted octanol–water partition coefficient (Wildman–Crippen LogP) is 4.60. The van der Waals surface area contributed by atoms with E-state index in [4.69, 9.17) is 17.0 Å². The van der Waals surface area contributed by atoms with E-state index < -0.39 is 0 Å². The normalized spacial score (nSPS) is 15.0. The summed E-state index contributed by atoms with van der Waals surface area (Å²) in [5.74, 6) is 1.92. The number of rotatable bonds is 8. The van der Waals surface area contributed by atoms with E-state index in [0.717, 1.165) is 29.0 Å². The highest BCUT2D eigenvalue weighted by Gasteiger charge is 2.13. The topological polar surface area (TPSA) is 33.3 Å². The number of ether oxygens (including phenoxy) is 1. The van der Waals surface area contributed by atoms with Crippen LogP contribution in [0, 0.1) is 0 Å². The Labute approximate surface area is 149 Å². The smallest absolute Gasteiger partial charge is 0.170 e. The third kappa shape index (κ3) is 7.27. The molecule has 0 heterocycles. The third-order valence-electron chi connectivity index (χ3n) is 3.75. The van der Waals surface area contributed by atoms with Crippen LogP contribution in [0.1, 0.15) is 32.1 Å². The molecule has 0 atom stereocenters. The van der Waals surface area contributed by atoms with Crippen molar-refractivity contribution >= 4 is 34.8 Å². The monoisotopic (exact) mass is 350 g/mol. The second-order valence-electron chi connectivity index (χ2n) is 5.64. The largest absolute Gasteiger partial charge is 0.489 e. The Morgan fingerprint density at radius 2 is 2.17 bits per heavy atom. The summed E-state index contributed by atoms with van der Waals surface area (Å²) in [7, 11) is 0. The number of thiocarbonyl (C=S) groups is 1. The highest BCUT2D eigenvalue weighted by atomic mass is 32.2. The molecule has 1 fully saturated rings. The lowest BCUT2D eigenvalue weighted by atomic mass is 10.0. The van der Waals surface area contributed by atoms with Crippen molar-refractivity contribution in [1.82, 2.24) is 5.32 Å². The molecule has 1 aliphatic rings. The molecule has 0 aromatic heterocycles. The van der Waals surface area contributed by atoms with Crippen molar-refractivity contribution in [2.45, 2.75) is 37.4 Å². The van der Waals surface area contributed by atoms with Gasteiger partial charge in [-0.1, -0.05) is 38.0 Å². The number of benzene rings is 1. The van der Waals surface area contributed by atoms with Gasteiger partial charge in [-0.15, -0.1) is 0 Å². The number of hydrogen-bond donors (Lipinski definition) is 2. The molecule has 0 bridgehead atoms. The Morgan fingerprint density at radius 3 is 2.96 bits per heavy atom. The van der Waals surface area contributed by atoms with Crippen LogP contribution in [0.15, 0.2) is 36.9 Å². The summed E-state index contributed by atoms with van der Waals surface area (Å²) in [6, 6.07) is 7.79. The molecule has 1 aromatic rings. The lowest BCUT2D eigenvalue weighted by Crippen LogP contribution is -2.30. The first-order chi connectivity index (χ1) is 11.3. The molecule has 0 amide bonds. The van der Waals surface area contributed by atoms with Crippen molar-refractivity contribution in [3.8, 4) is 5.75 Å². The first-order valence-electron chi connectivity index (χ1n) is 8.28. The molecule has 2 rings (SSSR count). The Hall–Kier alpha value is -1.20. The van der Waals surface area contributed by atoms with Gasteiger partial charge in [-0.2, -0.15) is 11.8 Å². The van der Waals surface area contributed by atoms with Gasteiger partial charge in [0.15, 0.2) is 5.11 Å². The predicted molar refractivity (Wildman–Crippen MR) is 106 cm³/mol. The van der Waals surface area contributed by atoms with Gasteiger partial charge in [0.2, 0.25) is 0 Å². The van der Waals surface area contributed by atoms with Gasteiger partial charge < -0.3 is 15.4 Å². The minimum atomic E-state index is 0.505. The van der Waals surface area contributed by atoms with Crippen LogP contribution in [0.5, 0.6) is 5.75 Å². The van der Waals surface area contributed by atoms with Crippen LogP contribution in [-0.4, -0.2) is 29.3 Å². The van der Waals surface area contributed by atoms with Gasteiger partial charge in [0.25, 0.3) is 0 Å². The summed E-state index contributed by atoms with van der Waals surface area (Å²) in [6.07, 6.45) is 8.70. The molecule has 0 saturated heterocycles. The van der Waals surface area contributed by atoms with Gasteiger partial charge in [0, 0.05) is 29.3 Å². The van der Waals surface area contributed by atoms with Crippen molar-refractivity contribution in [3.63, 3.8) is 0 Å². The molecule has 0 radical (unpaired) electrons. The second-order valence-corrected chi connectivity index (χ2v) is 7.46. The number of anilines is 1. The van der Waals surface area contributed by atoms with Gasteiger partial charge in [-0.05, 0) is 37.2 Å². The first-order valence-corrected chi connectivity index (χ1v) is 9.74. The molecule has 0 spiro atoms. The van der Waals surface area contributed by atoms with E-state index in [0.29, 0.717) is 11.7 Å². The highest BCUT2D eigenvalue weighted by Crippen LogP contribution is 2.27. The molecule has 2 N–H and O–H groups in total. The van der Waals surface area contributed by atoms with Crippen LogP contribution >= 0.6 is 24.0 Å². The molecule has 23 heavy (non-hydrogen) atoms. The van der Waals surface area contributed by atoms with Crippen LogP contribution in [0.2, 0.25) is 0 Å². The SMILES string of the molecule is C=CCOc1cccc(NC(=S)NCCSC2CCCCC2)c1. The van der Waals surface area contributed by atoms with Crippen molar-refractivity contribution in [1.29, 1.82) is 0 Å². The van der Waals surface area contributed by atoms with Crippen molar-refractivity contribution in [3.05, 3.63) is 36.9 Å². The first kappa shape index (κ1) is 18.1. The van der Waals surface area contributed by atoms with Gasteiger partial charge >= 0.3 is 0 Å². The summed E-state index contributed by atoms with van der Waals surface area (Å²) in [5.41, 5.74) is 0.934. The summed E-state index contributed by atoms with van der Waals surface area (Å²) in [5, 5.41) is 7.99. The zero-order valence-corrected chi connectivity index (χ0v) is 15.2. The zero-order chi connectivity index (χ0) is 16.3. The van der Waals surface area contributed by atoms with E-state index in [9.17, 15) is 0 Å². The van der Waals surface area contributed by atoms with Crippen LogP contribution in [0.3, 0.4) is 0 Å². The molecular formula is C18H26N2OS2.